The molecule has 0 radical (unpaired) electrons. The van der Waals surface area contributed by atoms with Gasteiger partial charge in [0.1, 0.15) is 5.56 Å². The van der Waals surface area contributed by atoms with Gasteiger partial charge in [0.05, 0.1) is 18.2 Å². The maximum absolute atomic E-state index is 14.3. The molecular formula is C33H28F5N3O2. The van der Waals surface area contributed by atoms with Crippen LogP contribution in [-0.2, 0) is 11.3 Å². The van der Waals surface area contributed by atoms with Crippen molar-refractivity contribution in [2.45, 2.75) is 31.6 Å². The van der Waals surface area contributed by atoms with Gasteiger partial charge >= 0.3 is 0 Å². The molecule has 4 aromatic rings. The summed E-state index contributed by atoms with van der Waals surface area (Å²) in [6, 6.07) is 16.3. The van der Waals surface area contributed by atoms with Crippen LogP contribution in [0.15, 0.2) is 73.4 Å². The topological polar surface area (TPSA) is 54.5 Å². The van der Waals surface area contributed by atoms with Crippen LogP contribution >= 0.6 is 0 Å². The van der Waals surface area contributed by atoms with Gasteiger partial charge in [-0.1, -0.05) is 36.4 Å². The number of carbonyl (C=O) groups is 1. The summed E-state index contributed by atoms with van der Waals surface area (Å²) in [5.74, 6) is -11.7. The Morgan fingerprint density at radius 1 is 1.02 bits per heavy atom. The molecule has 5 nitrogen and oxygen atoms in total. The van der Waals surface area contributed by atoms with Crippen LogP contribution in [0, 0.1) is 40.9 Å². The Balaban J connectivity index is 1.36. The van der Waals surface area contributed by atoms with E-state index in [1.54, 1.807) is 18.3 Å². The maximum atomic E-state index is 14.3. The van der Waals surface area contributed by atoms with Gasteiger partial charge in [-0.2, -0.15) is 0 Å². The smallest absolute Gasteiger partial charge is 0.261 e. The van der Waals surface area contributed by atoms with Gasteiger partial charge < -0.3 is 10.1 Å². The molecule has 10 heteroatoms. The van der Waals surface area contributed by atoms with Crippen LogP contribution < -0.4 is 5.32 Å². The van der Waals surface area contributed by atoms with Crippen molar-refractivity contribution in [3.05, 3.63) is 119 Å². The van der Waals surface area contributed by atoms with Gasteiger partial charge in [-0.25, -0.2) is 22.0 Å². The lowest BCUT2D eigenvalue weighted by Gasteiger charge is -2.51. The number of pyridine rings is 1. The number of hydrogen-bond acceptors (Lipinski definition) is 4. The Morgan fingerprint density at radius 2 is 1.74 bits per heavy atom. The number of nitrogens with zero attached hydrogens (tertiary/aromatic N) is 2. The highest BCUT2D eigenvalue weighted by Crippen LogP contribution is 2.44. The first-order valence-corrected chi connectivity index (χ1v) is 14.0. The zero-order chi connectivity index (χ0) is 30.2. The van der Waals surface area contributed by atoms with Crippen LogP contribution in [0.5, 0.6) is 0 Å². The third-order valence-corrected chi connectivity index (χ3v) is 8.55. The number of aromatic nitrogens is 1. The van der Waals surface area contributed by atoms with Gasteiger partial charge in [0.25, 0.3) is 5.91 Å². The minimum atomic E-state index is -2.33. The molecule has 5 atom stereocenters. The zero-order valence-electron chi connectivity index (χ0n) is 23.0. The fraction of sp³-hybridized carbons (Fsp3) is 0.273. The summed E-state index contributed by atoms with van der Waals surface area (Å²) >= 11 is 0. The standard InChI is InChI=1S/C33H28F5N3O2/c1-2-19-16-41-13-11-20(19)14-25(41)32(43-17-18-6-4-3-5-7-18)22-10-12-39-24-9-8-21(15-23(22)24)40-33(42)26-27(34)29(36)31(38)30(37)28(26)35/h2-10,12,15,19-20,25,32H,1,11,13-14,16-17H2,(H,40,42)/t19-,20-,25-,32+/m0/s1. The number of piperidine rings is 3. The second-order valence-electron chi connectivity index (χ2n) is 11.0. The lowest BCUT2D eigenvalue weighted by atomic mass is 9.73. The molecule has 3 aliphatic heterocycles. The van der Waals surface area contributed by atoms with Gasteiger partial charge in [-0.15, -0.1) is 6.58 Å². The summed E-state index contributed by atoms with van der Waals surface area (Å²) in [5, 5.41) is 2.91. The summed E-state index contributed by atoms with van der Waals surface area (Å²) in [6.07, 6.45) is 5.28. The number of anilines is 1. The summed E-state index contributed by atoms with van der Waals surface area (Å²) in [6.45, 7) is 6.17. The molecule has 1 unspecified atom stereocenters. The summed E-state index contributed by atoms with van der Waals surface area (Å²) < 4.78 is 76.3. The summed E-state index contributed by atoms with van der Waals surface area (Å²) in [4.78, 5) is 19.6. The second-order valence-corrected chi connectivity index (χ2v) is 11.0. The first-order chi connectivity index (χ1) is 20.8. The van der Waals surface area contributed by atoms with E-state index in [1.807, 2.05) is 42.5 Å². The number of carbonyl (C=O) groups excluding carboxylic acids is 1. The van der Waals surface area contributed by atoms with Gasteiger partial charge in [0.15, 0.2) is 23.3 Å². The van der Waals surface area contributed by atoms with Crippen LogP contribution in [0.25, 0.3) is 10.9 Å². The predicted octanol–water partition coefficient (Wildman–Crippen LogP) is 7.34. The number of benzene rings is 3. The molecule has 1 N–H and O–H groups in total. The Hall–Kier alpha value is -4.15. The summed E-state index contributed by atoms with van der Waals surface area (Å²) in [7, 11) is 0. The Kier molecular flexibility index (Phi) is 7.98. The molecule has 1 amide bonds. The number of hydrogen-bond donors (Lipinski definition) is 1. The molecule has 0 spiro atoms. The quantitative estimate of drug-likeness (QED) is 0.101. The van der Waals surface area contributed by atoms with Crippen molar-refractivity contribution < 1.29 is 31.5 Å². The third-order valence-electron chi connectivity index (χ3n) is 8.55. The molecule has 0 aliphatic carbocycles. The average molecular weight is 594 g/mol. The van der Waals surface area contributed by atoms with E-state index in [2.05, 4.69) is 21.8 Å². The van der Waals surface area contributed by atoms with Crippen LogP contribution in [0.2, 0.25) is 0 Å². The highest BCUT2D eigenvalue weighted by atomic mass is 19.2. The van der Waals surface area contributed by atoms with Crippen molar-refractivity contribution in [3.8, 4) is 0 Å². The number of fused-ring (bicyclic) bond motifs is 4. The molecule has 4 heterocycles. The Morgan fingerprint density at radius 3 is 2.42 bits per heavy atom. The van der Waals surface area contributed by atoms with Crippen molar-refractivity contribution >= 4 is 22.5 Å². The van der Waals surface area contributed by atoms with E-state index >= 15 is 0 Å². The fourth-order valence-corrected chi connectivity index (χ4v) is 6.35. The Bertz CT molecular complexity index is 1670. The van der Waals surface area contributed by atoms with Crippen molar-refractivity contribution in [1.29, 1.82) is 0 Å². The number of nitrogens with one attached hydrogen (secondary N) is 1. The largest absolute Gasteiger partial charge is 0.367 e. The lowest BCUT2D eigenvalue weighted by molar-refractivity contribution is -0.0803. The molecule has 222 valence electrons. The first-order valence-electron chi connectivity index (χ1n) is 14.0. The minimum Gasteiger partial charge on any atom is -0.367 e. The van der Waals surface area contributed by atoms with E-state index in [1.165, 1.54) is 6.07 Å². The molecule has 3 saturated heterocycles. The monoisotopic (exact) mass is 593 g/mol. The molecule has 2 bridgehead atoms. The van der Waals surface area contributed by atoms with Crippen molar-refractivity contribution in [3.63, 3.8) is 0 Å². The van der Waals surface area contributed by atoms with Crippen molar-refractivity contribution in [1.82, 2.24) is 9.88 Å². The second kappa shape index (κ2) is 11.9. The number of halogens is 5. The summed E-state index contributed by atoms with van der Waals surface area (Å²) in [5.41, 5.74) is 0.923. The zero-order valence-corrected chi connectivity index (χ0v) is 23.0. The molecule has 3 fully saturated rings. The maximum Gasteiger partial charge on any atom is 0.261 e. The van der Waals surface area contributed by atoms with E-state index in [4.69, 9.17) is 4.74 Å². The van der Waals surface area contributed by atoms with Crippen LogP contribution in [-0.4, -0.2) is 34.9 Å². The highest BCUT2D eigenvalue weighted by Gasteiger charge is 2.43. The fourth-order valence-electron chi connectivity index (χ4n) is 6.35. The average Bonchev–Trinajstić information content (AvgIpc) is 3.04. The van der Waals surface area contributed by atoms with Crippen molar-refractivity contribution in [2.24, 2.45) is 11.8 Å². The SMILES string of the molecule is C=C[C@H]1CN2CC[C@H]1C[C@H]2[C@H](OCc1ccccc1)c1ccnc2ccc(NC(=O)c3c(F)c(F)c(F)c(F)c3F)cc12. The van der Waals surface area contributed by atoms with Crippen LogP contribution in [0.1, 0.15) is 40.4 Å². The minimum absolute atomic E-state index is 0.0517. The van der Waals surface area contributed by atoms with Gasteiger partial charge in [0, 0.05) is 29.9 Å². The molecular weight excluding hydrogens is 565 g/mol. The number of ether oxygens (including phenoxy) is 1. The number of amides is 1. The Labute approximate surface area is 245 Å². The molecule has 43 heavy (non-hydrogen) atoms. The molecule has 3 aromatic carbocycles. The van der Waals surface area contributed by atoms with Crippen molar-refractivity contribution in [2.75, 3.05) is 18.4 Å². The van der Waals surface area contributed by atoms with E-state index in [0.29, 0.717) is 29.3 Å². The molecule has 3 aliphatic rings. The van der Waals surface area contributed by atoms with E-state index < -0.39 is 40.6 Å². The van der Waals surface area contributed by atoms with E-state index in [0.717, 1.165) is 37.1 Å². The van der Waals surface area contributed by atoms with Crippen LogP contribution in [0.3, 0.4) is 0 Å². The molecule has 7 rings (SSSR count). The third kappa shape index (κ3) is 5.41. The van der Waals surface area contributed by atoms with Crippen LogP contribution in [0.4, 0.5) is 27.6 Å². The molecule has 0 saturated carbocycles. The van der Waals surface area contributed by atoms with Gasteiger partial charge in [-0.3, -0.25) is 14.7 Å². The highest BCUT2D eigenvalue weighted by molar-refractivity contribution is 6.05. The van der Waals surface area contributed by atoms with E-state index in [9.17, 15) is 26.7 Å². The lowest BCUT2D eigenvalue weighted by Crippen LogP contribution is -2.55. The predicted molar refractivity (Wildman–Crippen MR) is 152 cm³/mol. The molecule has 1 aromatic heterocycles. The van der Waals surface area contributed by atoms with Gasteiger partial charge in [0.2, 0.25) is 5.82 Å². The van der Waals surface area contributed by atoms with E-state index in [-0.39, 0.29) is 17.8 Å². The number of rotatable bonds is 8. The first kappa shape index (κ1) is 28.9. The van der Waals surface area contributed by atoms with Gasteiger partial charge in [-0.05, 0) is 66.6 Å². The normalized spacial score (nSPS) is 22.0.